The van der Waals surface area contributed by atoms with Crippen LogP contribution >= 0.6 is 12.4 Å². The van der Waals surface area contributed by atoms with Gasteiger partial charge < -0.3 is 10.6 Å². The molecular formula is C12H13ClN2. The monoisotopic (exact) mass is 220 g/mol. The molecule has 0 unspecified atom stereocenters. The molecular weight excluding hydrogens is 208 g/mol. The number of hydrogen-bond acceptors (Lipinski definition) is 2. The van der Waals surface area contributed by atoms with Crippen molar-refractivity contribution < 1.29 is 0 Å². The Bertz CT molecular complexity index is 346. The zero-order chi connectivity index (χ0) is 9.64. The average molecular weight is 221 g/mol. The summed E-state index contributed by atoms with van der Waals surface area (Å²) in [6.45, 7) is 0. The Balaban J connectivity index is 0.00000112. The van der Waals surface area contributed by atoms with E-state index in [9.17, 15) is 0 Å². The van der Waals surface area contributed by atoms with Crippen molar-refractivity contribution in [2.24, 2.45) is 0 Å². The molecule has 0 aromatic rings. The maximum atomic E-state index is 3.20. The molecule has 0 fully saturated rings. The molecule has 2 nitrogen and oxygen atoms in total. The van der Waals surface area contributed by atoms with E-state index >= 15 is 0 Å². The summed E-state index contributed by atoms with van der Waals surface area (Å²) in [6, 6.07) is 0. The molecule has 0 aromatic heterocycles. The van der Waals surface area contributed by atoms with Crippen LogP contribution in [0.5, 0.6) is 0 Å². The second-order valence-corrected chi connectivity index (χ2v) is 2.94. The normalized spacial score (nSPS) is 17.6. The van der Waals surface area contributed by atoms with Crippen molar-refractivity contribution in [3.05, 3.63) is 72.4 Å². The number of nitrogens with one attached hydrogen (secondary N) is 2. The van der Waals surface area contributed by atoms with E-state index in [4.69, 9.17) is 0 Å². The lowest BCUT2D eigenvalue weighted by molar-refractivity contribution is 0.978. The van der Waals surface area contributed by atoms with E-state index in [0.29, 0.717) is 0 Å². The van der Waals surface area contributed by atoms with Crippen molar-refractivity contribution in [2.75, 3.05) is 0 Å². The lowest BCUT2D eigenvalue weighted by Gasteiger charge is -2.09. The van der Waals surface area contributed by atoms with Gasteiger partial charge in [0, 0.05) is 12.4 Å². The molecule has 2 aliphatic rings. The molecule has 3 heteroatoms. The molecule has 0 aliphatic carbocycles. The summed E-state index contributed by atoms with van der Waals surface area (Å²) in [4.78, 5) is 0. The topological polar surface area (TPSA) is 24.1 Å². The van der Waals surface area contributed by atoms with Crippen molar-refractivity contribution in [1.82, 2.24) is 10.6 Å². The largest absolute Gasteiger partial charge is 0.360 e. The molecule has 2 aliphatic heterocycles. The highest BCUT2D eigenvalue weighted by molar-refractivity contribution is 5.85. The first-order chi connectivity index (χ1) is 6.97. The van der Waals surface area contributed by atoms with Crippen molar-refractivity contribution in [3.8, 4) is 0 Å². The highest BCUT2D eigenvalue weighted by atomic mass is 35.5. The SMILES string of the molecule is C1=CC=C(C2=CC=CC=CN2)NC=C1.Cl. The number of allylic oxidation sites excluding steroid dienone is 8. The van der Waals surface area contributed by atoms with Gasteiger partial charge in [0.15, 0.2) is 0 Å². The van der Waals surface area contributed by atoms with Gasteiger partial charge in [-0.2, -0.15) is 0 Å². The van der Waals surface area contributed by atoms with Crippen molar-refractivity contribution in [1.29, 1.82) is 0 Å². The van der Waals surface area contributed by atoms with Crippen LogP contribution in [0.2, 0.25) is 0 Å². The van der Waals surface area contributed by atoms with Crippen LogP contribution in [-0.2, 0) is 0 Å². The smallest absolute Gasteiger partial charge is 0.0618 e. The van der Waals surface area contributed by atoms with Crippen LogP contribution in [0.4, 0.5) is 0 Å². The molecule has 0 saturated carbocycles. The number of halogens is 1. The quantitative estimate of drug-likeness (QED) is 0.710. The van der Waals surface area contributed by atoms with E-state index in [1.54, 1.807) is 0 Å². The van der Waals surface area contributed by atoms with Crippen molar-refractivity contribution in [3.63, 3.8) is 0 Å². The van der Waals surface area contributed by atoms with Crippen LogP contribution < -0.4 is 10.6 Å². The summed E-state index contributed by atoms with van der Waals surface area (Å²) in [6.07, 6.45) is 19.8. The Morgan fingerprint density at radius 1 is 0.600 bits per heavy atom. The third-order valence-electron chi connectivity index (χ3n) is 1.93. The van der Waals surface area contributed by atoms with Gasteiger partial charge in [-0.1, -0.05) is 24.3 Å². The number of rotatable bonds is 1. The predicted molar refractivity (Wildman–Crippen MR) is 66.2 cm³/mol. The summed E-state index contributed by atoms with van der Waals surface area (Å²) in [7, 11) is 0. The zero-order valence-corrected chi connectivity index (χ0v) is 9.00. The molecule has 2 heterocycles. The maximum absolute atomic E-state index is 3.20. The first-order valence-corrected chi connectivity index (χ1v) is 4.57. The summed E-state index contributed by atoms with van der Waals surface area (Å²) < 4.78 is 0. The highest BCUT2D eigenvalue weighted by Crippen LogP contribution is 2.08. The van der Waals surface area contributed by atoms with Gasteiger partial charge in [0.1, 0.15) is 0 Å². The van der Waals surface area contributed by atoms with E-state index in [-0.39, 0.29) is 12.4 Å². The van der Waals surface area contributed by atoms with E-state index in [0.717, 1.165) is 11.4 Å². The molecule has 15 heavy (non-hydrogen) atoms. The molecule has 0 amide bonds. The molecule has 0 radical (unpaired) electrons. The maximum Gasteiger partial charge on any atom is 0.0618 e. The van der Waals surface area contributed by atoms with E-state index < -0.39 is 0 Å². The van der Waals surface area contributed by atoms with Crippen LogP contribution in [0.25, 0.3) is 0 Å². The first-order valence-electron chi connectivity index (χ1n) is 4.57. The van der Waals surface area contributed by atoms with Gasteiger partial charge >= 0.3 is 0 Å². The fourth-order valence-corrected chi connectivity index (χ4v) is 1.25. The first kappa shape index (κ1) is 11.4. The summed E-state index contributed by atoms with van der Waals surface area (Å²) in [5.41, 5.74) is 2.12. The third kappa shape index (κ3) is 3.18. The summed E-state index contributed by atoms with van der Waals surface area (Å²) in [5.74, 6) is 0. The molecule has 0 spiro atoms. The minimum absolute atomic E-state index is 0. The van der Waals surface area contributed by atoms with E-state index in [2.05, 4.69) is 10.6 Å². The molecule has 0 saturated heterocycles. The van der Waals surface area contributed by atoms with Crippen molar-refractivity contribution in [2.45, 2.75) is 0 Å². The van der Waals surface area contributed by atoms with Gasteiger partial charge in [-0.25, -0.2) is 0 Å². The molecule has 2 N–H and O–H groups in total. The second-order valence-electron chi connectivity index (χ2n) is 2.94. The molecule has 78 valence electrons. The molecule has 0 atom stereocenters. The Hall–Kier alpha value is -1.67. The van der Waals surface area contributed by atoms with Gasteiger partial charge in [0.25, 0.3) is 0 Å². The van der Waals surface area contributed by atoms with Crippen molar-refractivity contribution >= 4 is 12.4 Å². The third-order valence-corrected chi connectivity index (χ3v) is 1.93. The fourth-order valence-electron chi connectivity index (χ4n) is 1.25. The van der Waals surface area contributed by atoms with E-state index in [1.807, 2.05) is 61.0 Å². The van der Waals surface area contributed by atoms with Gasteiger partial charge in [0.05, 0.1) is 11.4 Å². The lowest BCUT2D eigenvalue weighted by atomic mass is 10.2. The van der Waals surface area contributed by atoms with Gasteiger partial charge in [-0.3, -0.25) is 0 Å². The van der Waals surface area contributed by atoms with Crippen LogP contribution in [-0.4, -0.2) is 0 Å². The second kappa shape index (κ2) is 5.94. The summed E-state index contributed by atoms with van der Waals surface area (Å²) in [5, 5.41) is 6.40. The van der Waals surface area contributed by atoms with Crippen LogP contribution in [0.15, 0.2) is 72.4 Å². The minimum Gasteiger partial charge on any atom is -0.360 e. The molecule has 0 bridgehead atoms. The van der Waals surface area contributed by atoms with Gasteiger partial charge in [0.2, 0.25) is 0 Å². The molecule has 0 aromatic carbocycles. The highest BCUT2D eigenvalue weighted by Gasteiger charge is 2.01. The standard InChI is InChI=1S/C12H12N2.ClH/c1-3-7-11(13-9-5-1)12-8-4-2-6-10-14-12;/h1-10,13-14H;1H. The van der Waals surface area contributed by atoms with Crippen LogP contribution in [0, 0.1) is 0 Å². The zero-order valence-electron chi connectivity index (χ0n) is 8.18. The Kier molecular flexibility index (Phi) is 4.51. The Labute approximate surface area is 95.9 Å². The minimum atomic E-state index is 0. The fraction of sp³-hybridized carbons (Fsp3) is 0. The van der Waals surface area contributed by atoms with E-state index in [1.165, 1.54) is 0 Å². The Morgan fingerprint density at radius 2 is 1.07 bits per heavy atom. The summed E-state index contributed by atoms with van der Waals surface area (Å²) >= 11 is 0. The predicted octanol–water partition coefficient (Wildman–Crippen LogP) is 2.52. The Morgan fingerprint density at radius 3 is 1.53 bits per heavy atom. The van der Waals surface area contributed by atoms with Gasteiger partial charge in [-0.05, 0) is 24.3 Å². The average Bonchev–Trinajstić information content (AvgIpc) is 2.62. The molecule has 2 rings (SSSR count). The number of hydrogen-bond donors (Lipinski definition) is 2. The lowest BCUT2D eigenvalue weighted by Crippen LogP contribution is -2.15. The van der Waals surface area contributed by atoms with Gasteiger partial charge in [-0.15, -0.1) is 12.4 Å². The van der Waals surface area contributed by atoms with Crippen LogP contribution in [0.3, 0.4) is 0 Å². The van der Waals surface area contributed by atoms with Crippen LogP contribution in [0.1, 0.15) is 0 Å².